The first-order valence-electron chi connectivity index (χ1n) is 5.73. The number of aromatic nitrogens is 1. The first-order valence-corrected chi connectivity index (χ1v) is 5.73. The Morgan fingerprint density at radius 3 is 3.10 bits per heavy atom. The minimum absolute atomic E-state index is 0.0176. The van der Waals surface area contributed by atoms with E-state index in [0.717, 1.165) is 12.3 Å². The van der Waals surface area contributed by atoms with Gasteiger partial charge in [-0.15, -0.1) is 0 Å². The summed E-state index contributed by atoms with van der Waals surface area (Å²) in [5.41, 5.74) is 4.92. The van der Waals surface area contributed by atoms with Crippen molar-refractivity contribution < 1.29 is 14.5 Å². The van der Waals surface area contributed by atoms with Gasteiger partial charge >= 0.3 is 0 Å². The molecule has 9 nitrogen and oxygen atoms in total. The number of ether oxygens (including phenoxy) is 1. The third-order valence-electron chi connectivity index (χ3n) is 2.83. The van der Waals surface area contributed by atoms with Crippen molar-refractivity contribution in [1.29, 1.82) is 5.26 Å². The first kappa shape index (κ1) is 13.7. The van der Waals surface area contributed by atoms with E-state index in [0.29, 0.717) is 0 Å². The molecule has 1 aromatic rings. The van der Waals surface area contributed by atoms with E-state index in [9.17, 15) is 14.9 Å². The number of nitro groups is 1. The predicted octanol–water partition coefficient (Wildman–Crippen LogP) is -0.0634. The number of carbonyl (C=O) groups is 1. The number of amides is 1. The van der Waals surface area contributed by atoms with E-state index in [1.54, 1.807) is 0 Å². The summed E-state index contributed by atoms with van der Waals surface area (Å²) in [5, 5.41) is 19.7. The number of rotatable bonds is 2. The van der Waals surface area contributed by atoms with Gasteiger partial charge in [-0.3, -0.25) is 14.9 Å². The fourth-order valence-electron chi connectivity index (χ4n) is 1.86. The molecule has 0 saturated carbocycles. The number of anilines is 1. The number of pyridine rings is 1. The van der Waals surface area contributed by atoms with Crippen molar-refractivity contribution in [2.45, 2.75) is 6.10 Å². The number of nitrogens with zero attached hydrogens (tertiary/aromatic N) is 4. The molecule has 1 atom stereocenters. The molecular formula is C11H11N5O4. The Kier molecular flexibility index (Phi) is 3.76. The van der Waals surface area contributed by atoms with Gasteiger partial charge in [0, 0.05) is 6.54 Å². The van der Waals surface area contributed by atoms with Gasteiger partial charge in [-0.05, 0) is 6.07 Å². The zero-order valence-corrected chi connectivity index (χ0v) is 10.4. The molecule has 104 valence electrons. The summed E-state index contributed by atoms with van der Waals surface area (Å²) in [7, 11) is 0. The molecule has 0 aliphatic carbocycles. The highest BCUT2D eigenvalue weighted by atomic mass is 16.6. The van der Waals surface area contributed by atoms with Gasteiger partial charge in [0.05, 0.1) is 24.1 Å². The van der Waals surface area contributed by atoms with Crippen molar-refractivity contribution >= 4 is 17.4 Å². The van der Waals surface area contributed by atoms with Crippen LogP contribution in [-0.2, 0) is 4.74 Å². The summed E-state index contributed by atoms with van der Waals surface area (Å²) in [6.45, 7) is 0.531. The van der Waals surface area contributed by atoms with Crippen LogP contribution in [-0.4, -0.2) is 46.5 Å². The smallest absolute Gasteiger partial charge is 0.300 e. The summed E-state index contributed by atoms with van der Waals surface area (Å²) in [6.07, 6.45) is 0.219. The van der Waals surface area contributed by atoms with Gasteiger partial charge < -0.3 is 15.4 Å². The van der Waals surface area contributed by atoms with Gasteiger partial charge in [0.15, 0.2) is 6.10 Å². The number of nitrogens with two attached hydrogens (primary N) is 1. The molecule has 2 N–H and O–H groups in total. The summed E-state index contributed by atoms with van der Waals surface area (Å²) >= 11 is 0. The lowest BCUT2D eigenvalue weighted by Gasteiger charge is -2.29. The Bertz CT molecular complexity index is 597. The van der Waals surface area contributed by atoms with Crippen molar-refractivity contribution in [3.05, 3.63) is 27.9 Å². The van der Waals surface area contributed by atoms with Crippen molar-refractivity contribution in [3.8, 4) is 6.07 Å². The fourth-order valence-corrected chi connectivity index (χ4v) is 1.86. The van der Waals surface area contributed by atoms with Crippen LogP contribution in [0.4, 0.5) is 11.5 Å². The maximum atomic E-state index is 12.3. The van der Waals surface area contributed by atoms with Crippen molar-refractivity contribution in [2.24, 2.45) is 0 Å². The van der Waals surface area contributed by atoms with E-state index < -0.39 is 22.6 Å². The molecule has 1 saturated heterocycles. The highest BCUT2D eigenvalue weighted by Gasteiger charge is 2.29. The second-order valence-corrected chi connectivity index (χ2v) is 4.12. The van der Waals surface area contributed by atoms with Crippen LogP contribution in [0.3, 0.4) is 0 Å². The average molecular weight is 277 g/mol. The van der Waals surface area contributed by atoms with Crippen LogP contribution in [0.25, 0.3) is 0 Å². The van der Waals surface area contributed by atoms with Crippen LogP contribution in [0.2, 0.25) is 0 Å². The van der Waals surface area contributed by atoms with Gasteiger partial charge in [-0.25, -0.2) is 4.98 Å². The lowest BCUT2D eigenvalue weighted by Crippen LogP contribution is -2.45. The second kappa shape index (κ2) is 5.50. The standard InChI is InChI=1S/C11H11N5O4/c12-4-7-6-15(1-2-20-7)11(17)8-3-10(13)14-5-9(8)16(18)19/h3,5,7H,1-2,6H2,(H2,13,14). The van der Waals surface area contributed by atoms with Crippen LogP contribution < -0.4 is 5.73 Å². The third-order valence-corrected chi connectivity index (χ3v) is 2.83. The summed E-state index contributed by atoms with van der Waals surface area (Å²) in [5.74, 6) is -0.543. The largest absolute Gasteiger partial charge is 0.384 e. The highest BCUT2D eigenvalue weighted by Crippen LogP contribution is 2.21. The summed E-state index contributed by atoms with van der Waals surface area (Å²) in [6, 6.07) is 3.07. The summed E-state index contributed by atoms with van der Waals surface area (Å²) in [4.78, 5) is 27.5. The Morgan fingerprint density at radius 1 is 1.70 bits per heavy atom. The summed E-state index contributed by atoms with van der Waals surface area (Å²) < 4.78 is 5.12. The normalized spacial score (nSPS) is 18.4. The monoisotopic (exact) mass is 277 g/mol. The van der Waals surface area contributed by atoms with Gasteiger partial charge in [-0.1, -0.05) is 0 Å². The minimum atomic E-state index is -0.731. The maximum absolute atomic E-state index is 12.3. The van der Waals surface area contributed by atoms with Crippen LogP contribution >= 0.6 is 0 Å². The number of hydrogen-bond acceptors (Lipinski definition) is 7. The number of morpholine rings is 1. The molecule has 9 heteroatoms. The van der Waals surface area contributed by atoms with Crippen LogP contribution in [0.5, 0.6) is 0 Å². The van der Waals surface area contributed by atoms with E-state index in [4.69, 9.17) is 15.7 Å². The molecule has 2 rings (SSSR count). The minimum Gasteiger partial charge on any atom is -0.384 e. The van der Waals surface area contributed by atoms with E-state index in [2.05, 4.69) is 4.98 Å². The highest BCUT2D eigenvalue weighted by molar-refractivity contribution is 5.98. The lowest BCUT2D eigenvalue weighted by atomic mass is 10.1. The predicted molar refractivity (Wildman–Crippen MR) is 66.6 cm³/mol. The Hall–Kier alpha value is -2.73. The Morgan fingerprint density at radius 2 is 2.45 bits per heavy atom. The number of carbonyl (C=O) groups excluding carboxylic acids is 1. The molecule has 1 amide bonds. The van der Waals surface area contributed by atoms with Gasteiger partial charge in [-0.2, -0.15) is 5.26 Å². The fraction of sp³-hybridized carbons (Fsp3) is 0.364. The lowest BCUT2D eigenvalue weighted by molar-refractivity contribution is -0.385. The molecule has 0 bridgehead atoms. The zero-order valence-electron chi connectivity index (χ0n) is 10.4. The third kappa shape index (κ3) is 2.65. The molecular weight excluding hydrogens is 266 g/mol. The Labute approximate surface area is 113 Å². The van der Waals surface area contributed by atoms with Crippen molar-refractivity contribution in [2.75, 3.05) is 25.4 Å². The Balaban J connectivity index is 2.31. The molecule has 2 heterocycles. The molecule has 1 aliphatic heterocycles. The van der Waals surface area contributed by atoms with Crippen LogP contribution in [0, 0.1) is 21.4 Å². The van der Waals surface area contributed by atoms with Crippen LogP contribution in [0.15, 0.2) is 12.3 Å². The molecule has 0 aromatic carbocycles. The van der Waals surface area contributed by atoms with Gasteiger partial charge in [0.25, 0.3) is 11.6 Å². The van der Waals surface area contributed by atoms with E-state index in [1.807, 2.05) is 6.07 Å². The van der Waals surface area contributed by atoms with E-state index in [1.165, 1.54) is 4.90 Å². The zero-order chi connectivity index (χ0) is 14.7. The van der Waals surface area contributed by atoms with Crippen molar-refractivity contribution in [1.82, 2.24) is 9.88 Å². The molecule has 1 unspecified atom stereocenters. The molecule has 1 aliphatic rings. The van der Waals surface area contributed by atoms with Crippen molar-refractivity contribution in [3.63, 3.8) is 0 Å². The molecule has 20 heavy (non-hydrogen) atoms. The van der Waals surface area contributed by atoms with Crippen LogP contribution in [0.1, 0.15) is 10.4 Å². The maximum Gasteiger partial charge on any atom is 0.300 e. The molecule has 0 radical (unpaired) electrons. The SMILES string of the molecule is N#CC1CN(C(=O)c2cc(N)ncc2[N+](=O)[O-])CCO1. The van der Waals surface area contributed by atoms with E-state index >= 15 is 0 Å². The second-order valence-electron chi connectivity index (χ2n) is 4.12. The van der Waals surface area contributed by atoms with Gasteiger partial charge in [0.1, 0.15) is 17.6 Å². The topological polar surface area (TPSA) is 135 Å². The van der Waals surface area contributed by atoms with E-state index in [-0.39, 0.29) is 31.1 Å². The quantitative estimate of drug-likeness (QED) is 0.590. The molecule has 0 spiro atoms. The number of nitriles is 1. The first-order chi connectivity index (χ1) is 9.52. The average Bonchev–Trinajstić information content (AvgIpc) is 2.46. The van der Waals surface area contributed by atoms with Gasteiger partial charge in [0.2, 0.25) is 0 Å². The number of nitrogen functional groups attached to an aromatic ring is 1. The number of hydrogen-bond donors (Lipinski definition) is 1. The molecule has 1 fully saturated rings. The molecule has 1 aromatic heterocycles.